The number of amides is 1. The molecule has 0 saturated heterocycles. The summed E-state index contributed by atoms with van der Waals surface area (Å²) < 4.78 is 0. The van der Waals surface area contributed by atoms with Crippen molar-refractivity contribution in [2.75, 3.05) is 32.8 Å². The lowest BCUT2D eigenvalue weighted by atomic mass is 10.0. The highest BCUT2D eigenvalue weighted by Gasteiger charge is 2.21. The van der Waals surface area contributed by atoms with Crippen molar-refractivity contribution in [3.05, 3.63) is 35.4 Å². The number of rotatable bonds is 14. The zero-order valence-electron chi connectivity index (χ0n) is 19.7. The molecule has 0 saturated carbocycles. The minimum absolute atomic E-state index is 0.0296. The lowest BCUT2D eigenvalue weighted by molar-refractivity contribution is -0.275. The maximum absolute atomic E-state index is 12.7. The van der Waals surface area contributed by atoms with Crippen LogP contribution < -0.4 is 10.6 Å². The van der Waals surface area contributed by atoms with Crippen molar-refractivity contribution in [3.63, 3.8) is 0 Å². The van der Waals surface area contributed by atoms with Crippen molar-refractivity contribution in [3.8, 4) is 0 Å². The average Bonchev–Trinajstić information content (AvgIpc) is 2.80. The third-order valence-corrected chi connectivity index (χ3v) is 5.18. The number of aliphatic hydroxyl groups is 1. The van der Waals surface area contributed by atoms with Gasteiger partial charge in [-0.2, -0.15) is 0 Å². The Bertz CT molecular complexity index is 522. The maximum Gasteiger partial charge on any atom is 0.237 e. The van der Waals surface area contributed by atoms with Crippen molar-refractivity contribution >= 4 is 23.7 Å². The largest absolute Gasteiger partial charge is 0.392 e. The van der Waals surface area contributed by atoms with Gasteiger partial charge in [0.25, 0.3) is 0 Å². The molecular weight excluding hydrogens is 418 g/mol. The Hall–Kier alpha value is -0.610. The maximum atomic E-state index is 12.7. The number of hydrogen-bond donors (Lipinski definition) is 3. The van der Waals surface area contributed by atoms with Gasteiger partial charge >= 0.3 is 0 Å². The highest BCUT2D eigenvalue weighted by molar-refractivity contribution is 7.36. The molecule has 0 aliphatic heterocycles. The van der Waals surface area contributed by atoms with Gasteiger partial charge in [0.1, 0.15) is 6.61 Å². The van der Waals surface area contributed by atoms with Crippen LogP contribution in [0.1, 0.15) is 51.7 Å². The van der Waals surface area contributed by atoms with E-state index in [1.165, 1.54) is 7.11 Å². The van der Waals surface area contributed by atoms with Crippen LogP contribution in [-0.2, 0) is 27.6 Å². The summed E-state index contributed by atoms with van der Waals surface area (Å²) in [5.41, 5.74) is 1.84. The molecule has 0 radical (unpaired) electrons. The zero-order chi connectivity index (χ0) is 23.2. The number of nitrogens with one attached hydrogen (secondary N) is 2. The van der Waals surface area contributed by atoms with E-state index in [0.717, 1.165) is 38.7 Å². The van der Waals surface area contributed by atoms with Gasteiger partial charge in [-0.1, -0.05) is 52.0 Å². The number of carbonyl (C=O) groups excluding carboxylic acids is 1. The van der Waals surface area contributed by atoms with E-state index in [0.29, 0.717) is 12.7 Å². The van der Waals surface area contributed by atoms with E-state index >= 15 is 0 Å². The molecule has 1 rings (SSSR count). The van der Waals surface area contributed by atoms with Crippen LogP contribution in [0.5, 0.6) is 0 Å². The summed E-state index contributed by atoms with van der Waals surface area (Å²) >= 11 is 0. The molecule has 0 fully saturated rings. The zero-order valence-corrected chi connectivity index (χ0v) is 21.8. The SMILES string of the molecule is CC.CC.COOCC(Cc1ccccc1CO)NC(=O)C(CCCPC)NCP. The topological polar surface area (TPSA) is 79.8 Å². The van der Waals surface area contributed by atoms with Crippen LogP contribution in [0.2, 0.25) is 0 Å². The molecule has 3 N–H and O–H groups in total. The molecule has 8 heteroatoms. The van der Waals surface area contributed by atoms with Crippen molar-refractivity contribution in [1.82, 2.24) is 10.6 Å². The Labute approximate surface area is 188 Å². The molecule has 30 heavy (non-hydrogen) atoms. The predicted molar refractivity (Wildman–Crippen MR) is 133 cm³/mol. The van der Waals surface area contributed by atoms with E-state index in [1.807, 2.05) is 52.0 Å². The van der Waals surface area contributed by atoms with Gasteiger partial charge in [-0.25, -0.2) is 9.78 Å². The molecule has 4 unspecified atom stereocenters. The molecule has 1 aromatic rings. The lowest BCUT2D eigenvalue weighted by Crippen LogP contribution is -2.49. The van der Waals surface area contributed by atoms with Gasteiger partial charge in [0.05, 0.1) is 25.8 Å². The first kappa shape index (κ1) is 31.6. The highest BCUT2D eigenvalue weighted by Crippen LogP contribution is 2.13. The minimum Gasteiger partial charge on any atom is -0.392 e. The first-order valence-electron chi connectivity index (χ1n) is 10.9. The van der Waals surface area contributed by atoms with Crippen LogP contribution in [0, 0.1) is 0 Å². The molecule has 1 aromatic carbocycles. The quantitative estimate of drug-likeness (QED) is 0.170. The molecule has 0 aliphatic rings. The molecule has 4 atom stereocenters. The Morgan fingerprint density at radius 2 is 1.83 bits per heavy atom. The monoisotopic (exact) mass is 462 g/mol. The summed E-state index contributed by atoms with van der Waals surface area (Å²) in [5, 5.41) is 15.8. The van der Waals surface area contributed by atoms with Crippen molar-refractivity contribution in [2.24, 2.45) is 0 Å². The number of benzene rings is 1. The molecule has 176 valence electrons. The molecule has 0 aromatic heterocycles. The third-order valence-electron chi connectivity index (χ3n) is 4.09. The first-order valence-corrected chi connectivity index (χ1v) is 13.4. The van der Waals surface area contributed by atoms with Crippen molar-refractivity contribution < 1.29 is 19.7 Å². The Balaban J connectivity index is 0. The number of aliphatic hydroxyl groups excluding tert-OH is 1. The van der Waals surface area contributed by atoms with E-state index in [4.69, 9.17) is 9.78 Å². The molecule has 0 spiro atoms. The molecule has 0 bridgehead atoms. The van der Waals surface area contributed by atoms with E-state index in [2.05, 4.69) is 26.5 Å². The summed E-state index contributed by atoms with van der Waals surface area (Å²) in [5.74, 6) is -0.0296. The first-order chi connectivity index (χ1) is 14.7. The second-order valence-corrected chi connectivity index (χ2v) is 7.61. The summed E-state index contributed by atoms with van der Waals surface area (Å²) in [6.07, 6.45) is 4.21. The standard InChI is InChI=1S/C18H32N2O4P2.2C2H6/c1-23-24-12-16(10-14-6-3-4-7-15(14)11-21)20-18(22)17(19-13-25)8-5-9-26-2;2*1-2/h3-4,6-7,16-17,19,21,26H,5,8-13,25H2,1-2H3,(H,20,22);2*1-2H3. The van der Waals surface area contributed by atoms with Gasteiger partial charge in [-0.05, 0) is 43.2 Å². The predicted octanol–water partition coefficient (Wildman–Crippen LogP) is 3.72. The fraction of sp³-hybridized carbons (Fsp3) is 0.682. The van der Waals surface area contributed by atoms with Crippen molar-refractivity contribution in [2.45, 2.75) is 65.6 Å². The summed E-state index contributed by atoms with van der Waals surface area (Å²) in [6, 6.07) is 7.20. The summed E-state index contributed by atoms with van der Waals surface area (Å²) in [6.45, 7) is 10.4. The normalized spacial score (nSPS) is 12.4. The van der Waals surface area contributed by atoms with Gasteiger partial charge in [-0.3, -0.25) is 4.79 Å². The molecule has 1 amide bonds. The Kier molecular flexibility index (Phi) is 24.3. The summed E-state index contributed by atoms with van der Waals surface area (Å²) in [4.78, 5) is 22.5. The van der Waals surface area contributed by atoms with E-state index in [1.54, 1.807) is 0 Å². The lowest BCUT2D eigenvalue weighted by Gasteiger charge is -2.23. The van der Waals surface area contributed by atoms with Crippen LogP contribution in [0.4, 0.5) is 0 Å². The third kappa shape index (κ3) is 14.4. The fourth-order valence-electron chi connectivity index (χ4n) is 2.73. The Morgan fingerprint density at radius 3 is 2.37 bits per heavy atom. The fourth-order valence-corrected chi connectivity index (χ4v) is 3.57. The summed E-state index contributed by atoms with van der Waals surface area (Å²) in [7, 11) is 4.95. The van der Waals surface area contributed by atoms with Crippen LogP contribution in [0.25, 0.3) is 0 Å². The second-order valence-electron chi connectivity index (χ2n) is 5.99. The average molecular weight is 463 g/mol. The van der Waals surface area contributed by atoms with Crippen LogP contribution in [0.15, 0.2) is 24.3 Å². The van der Waals surface area contributed by atoms with Gasteiger partial charge in [0, 0.05) is 6.29 Å². The number of hydrogen-bond acceptors (Lipinski definition) is 5. The molecule has 6 nitrogen and oxygen atoms in total. The van der Waals surface area contributed by atoms with Crippen LogP contribution >= 0.6 is 17.8 Å². The molecular formula is C22H44N2O4P2. The van der Waals surface area contributed by atoms with Gasteiger partial charge in [0.2, 0.25) is 5.91 Å². The smallest absolute Gasteiger partial charge is 0.237 e. The van der Waals surface area contributed by atoms with Gasteiger partial charge < -0.3 is 15.7 Å². The minimum atomic E-state index is -0.239. The van der Waals surface area contributed by atoms with Gasteiger partial charge in [-0.15, -0.1) is 17.8 Å². The van der Waals surface area contributed by atoms with Crippen LogP contribution in [-0.4, -0.2) is 55.9 Å². The van der Waals surface area contributed by atoms with E-state index < -0.39 is 0 Å². The molecule has 0 aliphatic carbocycles. The molecule has 0 heterocycles. The second kappa shape index (κ2) is 23.1. The van der Waals surface area contributed by atoms with E-state index in [-0.39, 0.29) is 31.2 Å². The van der Waals surface area contributed by atoms with Gasteiger partial charge in [0.15, 0.2) is 0 Å². The highest BCUT2D eigenvalue weighted by atomic mass is 31.1. The number of carbonyl (C=O) groups is 1. The Morgan fingerprint density at radius 1 is 1.20 bits per heavy atom. The van der Waals surface area contributed by atoms with Crippen molar-refractivity contribution in [1.29, 1.82) is 0 Å². The van der Waals surface area contributed by atoms with Crippen LogP contribution in [0.3, 0.4) is 0 Å². The van der Waals surface area contributed by atoms with E-state index in [9.17, 15) is 9.90 Å².